The largest absolute Gasteiger partial charge is 0.338 e. The molecule has 0 bridgehead atoms. The third-order valence-corrected chi connectivity index (χ3v) is 5.75. The average molecular weight is 346 g/mol. The van der Waals surface area contributed by atoms with Gasteiger partial charge in [0.2, 0.25) is 5.91 Å². The lowest BCUT2D eigenvalue weighted by atomic mass is 9.98. The Balaban J connectivity index is 1.66. The Kier molecular flexibility index (Phi) is 5.04. The van der Waals surface area contributed by atoms with Gasteiger partial charge in [-0.1, -0.05) is 20.8 Å². The third kappa shape index (κ3) is 4.04. The van der Waals surface area contributed by atoms with Crippen molar-refractivity contribution in [2.45, 2.75) is 64.5 Å². The van der Waals surface area contributed by atoms with Crippen molar-refractivity contribution in [3.8, 4) is 0 Å². The number of carbonyl (C=O) groups excluding carboxylic acids is 1. The van der Waals surface area contributed by atoms with Crippen LogP contribution < -0.4 is 0 Å². The first-order chi connectivity index (χ1) is 11.4. The SMILES string of the molecule is CC(C)(C)c1nc(CC(=O)N2CCCC[C@H]2Cn2cccn2)cs1. The maximum absolute atomic E-state index is 12.8. The molecule has 1 fully saturated rings. The molecule has 0 N–H and O–H groups in total. The molecule has 0 aromatic carbocycles. The van der Waals surface area contributed by atoms with E-state index in [2.05, 4.69) is 30.9 Å². The first-order valence-electron chi connectivity index (χ1n) is 8.65. The van der Waals surface area contributed by atoms with Gasteiger partial charge < -0.3 is 4.90 Å². The van der Waals surface area contributed by atoms with Gasteiger partial charge in [-0.2, -0.15) is 5.10 Å². The molecular formula is C18H26N4OS. The van der Waals surface area contributed by atoms with Crippen LogP contribution in [-0.4, -0.2) is 38.2 Å². The summed E-state index contributed by atoms with van der Waals surface area (Å²) in [4.78, 5) is 19.5. The summed E-state index contributed by atoms with van der Waals surface area (Å²) in [5, 5.41) is 7.41. The monoisotopic (exact) mass is 346 g/mol. The molecule has 1 amide bonds. The molecule has 1 atom stereocenters. The summed E-state index contributed by atoms with van der Waals surface area (Å²) in [6.45, 7) is 8.09. The zero-order valence-corrected chi connectivity index (χ0v) is 15.6. The van der Waals surface area contributed by atoms with Gasteiger partial charge in [-0.05, 0) is 25.3 Å². The summed E-state index contributed by atoms with van der Waals surface area (Å²) in [6, 6.07) is 2.17. The molecule has 1 saturated heterocycles. The lowest BCUT2D eigenvalue weighted by Gasteiger charge is -2.35. The molecule has 5 nitrogen and oxygen atoms in total. The van der Waals surface area contributed by atoms with Gasteiger partial charge in [0.15, 0.2) is 0 Å². The van der Waals surface area contributed by atoms with Crippen LogP contribution in [0.15, 0.2) is 23.8 Å². The Bertz CT molecular complexity index is 672. The van der Waals surface area contributed by atoms with E-state index in [0.29, 0.717) is 6.42 Å². The van der Waals surface area contributed by atoms with Crippen LogP contribution in [0.4, 0.5) is 0 Å². The summed E-state index contributed by atoms with van der Waals surface area (Å²) in [7, 11) is 0. The Morgan fingerprint density at radius 1 is 1.38 bits per heavy atom. The number of nitrogens with zero attached hydrogens (tertiary/aromatic N) is 4. The second-order valence-corrected chi connectivity index (χ2v) is 8.39. The molecule has 2 aromatic rings. The number of rotatable bonds is 4. The van der Waals surface area contributed by atoms with Gasteiger partial charge in [0, 0.05) is 29.7 Å². The lowest BCUT2D eigenvalue weighted by molar-refractivity contribution is -0.134. The van der Waals surface area contributed by atoms with E-state index in [1.807, 2.05) is 27.2 Å². The highest BCUT2D eigenvalue weighted by atomic mass is 32.1. The predicted molar refractivity (Wildman–Crippen MR) is 96.1 cm³/mol. The van der Waals surface area contributed by atoms with Crippen LogP contribution in [0.3, 0.4) is 0 Å². The minimum absolute atomic E-state index is 0.0414. The van der Waals surface area contributed by atoms with Crippen LogP contribution in [0, 0.1) is 0 Å². The van der Waals surface area contributed by atoms with Gasteiger partial charge in [0.1, 0.15) is 0 Å². The molecule has 3 rings (SSSR count). The van der Waals surface area contributed by atoms with Crippen molar-refractivity contribution < 1.29 is 4.79 Å². The number of likely N-dealkylation sites (tertiary alicyclic amines) is 1. The Morgan fingerprint density at radius 2 is 2.21 bits per heavy atom. The van der Waals surface area contributed by atoms with Crippen molar-refractivity contribution in [3.63, 3.8) is 0 Å². The summed E-state index contributed by atoms with van der Waals surface area (Å²) in [5.41, 5.74) is 0.943. The van der Waals surface area contributed by atoms with Crippen molar-refractivity contribution in [2.24, 2.45) is 0 Å². The molecule has 0 spiro atoms. The van der Waals surface area contributed by atoms with E-state index >= 15 is 0 Å². The van der Waals surface area contributed by atoms with E-state index in [1.54, 1.807) is 17.5 Å². The van der Waals surface area contributed by atoms with E-state index in [9.17, 15) is 4.79 Å². The second kappa shape index (κ2) is 7.05. The lowest BCUT2D eigenvalue weighted by Crippen LogP contribution is -2.46. The van der Waals surface area contributed by atoms with E-state index in [4.69, 9.17) is 0 Å². The fraction of sp³-hybridized carbons (Fsp3) is 0.611. The highest BCUT2D eigenvalue weighted by Gasteiger charge is 2.28. The first-order valence-corrected chi connectivity index (χ1v) is 9.53. The Morgan fingerprint density at radius 3 is 2.88 bits per heavy atom. The topological polar surface area (TPSA) is 51.0 Å². The van der Waals surface area contributed by atoms with Crippen LogP contribution in [0.2, 0.25) is 0 Å². The Labute approximate surface area is 147 Å². The van der Waals surface area contributed by atoms with Gasteiger partial charge in [-0.15, -0.1) is 11.3 Å². The molecular weight excluding hydrogens is 320 g/mol. The minimum atomic E-state index is 0.0414. The molecule has 2 aromatic heterocycles. The van der Waals surface area contributed by atoms with Crippen molar-refractivity contribution in [1.29, 1.82) is 0 Å². The molecule has 0 unspecified atom stereocenters. The van der Waals surface area contributed by atoms with Gasteiger partial charge in [-0.25, -0.2) is 4.98 Å². The van der Waals surface area contributed by atoms with Crippen molar-refractivity contribution in [2.75, 3.05) is 6.54 Å². The zero-order chi connectivity index (χ0) is 17.2. The van der Waals surface area contributed by atoms with Gasteiger partial charge in [0.25, 0.3) is 0 Å². The number of aromatic nitrogens is 3. The highest BCUT2D eigenvalue weighted by molar-refractivity contribution is 7.09. The highest BCUT2D eigenvalue weighted by Crippen LogP contribution is 2.26. The zero-order valence-electron chi connectivity index (χ0n) is 14.7. The fourth-order valence-corrected chi connectivity index (χ4v) is 4.04. The van der Waals surface area contributed by atoms with Crippen molar-refractivity contribution >= 4 is 17.2 Å². The van der Waals surface area contributed by atoms with Crippen LogP contribution in [0.25, 0.3) is 0 Å². The first kappa shape index (κ1) is 17.1. The molecule has 0 saturated carbocycles. The molecule has 1 aliphatic rings. The van der Waals surface area contributed by atoms with E-state index in [-0.39, 0.29) is 17.4 Å². The summed E-state index contributed by atoms with van der Waals surface area (Å²) in [5.74, 6) is 0.192. The summed E-state index contributed by atoms with van der Waals surface area (Å²) >= 11 is 1.65. The number of carbonyl (C=O) groups is 1. The molecule has 3 heterocycles. The molecule has 1 aliphatic heterocycles. The maximum atomic E-state index is 12.8. The fourth-order valence-electron chi connectivity index (χ4n) is 3.13. The number of amides is 1. The molecule has 0 radical (unpaired) electrons. The Hall–Kier alpha value is -1.69. The predicted octanol–water partition coefficient (Wildman–Crippen LogP) is 3.26. The smallest absolute Gasteiger partial charge is 0.228 e. The average Bonchev–Trinajstić information content (AvgIpc) is 3.19. The van der Waals surface area contributed by atoms with Gasteiger partial charge in [0.05, 0.1) is 29.7 Å². The van der Waals surface area contributed by atoms with E-state index in [0.717, 1.165) is 36.6 Å². The maximum Gasteiger partial charge on any atom is 0.228 e. The van der Waals surface area contributed by atoms with Gasteiger partial charge in [-0.3, -0.25) is 9.48 Å². The molecule has 6 heteroatoms. The number of piperidine rings is 1. The van der Waals surface area contributed by atoms with E-state index < -0.39 is 0 Å². The summed E-state index contributed by atoms with van der Waals surface area (Å²) in [6.07, 6.45) is 7.48. The standard InChI is InChI=1S/C18H26N4OS/c1-18(2,3)17-20-14(13-24-17)11-16(23)22-10-5-4-7-15(22)12-21-9-6-8-19-21/h6,8-9,13,15H,4-5,7,10-12H2,1-3H3/t15-/m0/s1. The molecule has 0 aliphatic carbocycles. The number of hydrogen-bond donors (Lipinski definition) is 0. The van der Waals surface area contributed by atoms with Crippen molar-refractivity contribution in [1.82, 2.24) is 19.7 Å². The van der Waals surface area contributed by atoms with Crippen LogP contribution in [-0.2, 0) is 23.2 Å². The second-order valence-electron chi connectivity index (χ2n) is 7.54. The minimum Gasteiger partial charge on any atom is -0.338 e. The van der Waals surface area contributed by atoms with Crippen LogP contribution in [0.1, 0.15) is 50.7 Å². The normalized spacial score (nSPS) is 18.8. The van der Waals surface area contributed by atoms with E-state index in [1.165, 1.54) is 6.42 Å². The molecule has 130 valence electrons. The summed E-state index contributed by atoms with van der Waals surface area (Å²) < 4.78 is 1.93. The van der Waals surface area contributed by atoms with Crippen LogP contribution >= 0.6 is 11.3 Å². The van der Waals surface area contributed by atoms with Crippen molar-refractivity contribution in [3.05, 3.63) is 34.5 Å². The number of hydrogen-bond acceptors (Lipinski definition) is 4. The van der Waals surface area contributed by atoms with Crippen LogP contribution in [0.5, 0.6) is 0 Å². The number of thiazole rings is 1. The van der Waals surface area contributed by atoms with Gasteiger partial charge >= 0.3 is 0 Å². The quantitative estimate of drug-likeness (QED) is 0.854. The molecule has 24 heavy (non-hydrogen) atoms. The third-order valence-electron chi connectivity index (χ3n) is 4.43.